The highest BCUT2D eigenvalue weighted by atomic mass is 35.5. The molecule has 1 saturated carbocycles. The van der Waals surface area contributed by atoms with Gasteiger partial charge < -0.3 is 5.73 Å². The highest BCUT2D eigenvalue weighted by molar-refractivity contribution is 6.31. The highest BCUT2D eigenvalue weighted by Crippen LogP contribution is 2.31. The molecule has 2 rings (SSSR count). The number of hydrogen-bond donors (Lipinski definition) is 1. The zero-order chi connectivity index (χ0) is 11.0. The first kappa shape index (κ1) is 11.0. The molecule has 1 aliphatic rings. The molecule has 0 saturated heterocycles. The number of halogens is 1. The van der Waals surface area contributed by atoms with Crippen molar-refractivity contribution in [2.75, 3.05) is 0 Å². The Morgan fingerprint density at radius 2 is 2.27 bits per heavy atom. The van der Waals surface area contributed by atoms with Crippen molar-refractivity contribution in [1.82, 2.24) is 9.78 Å². The number of nitrogens with zero attached hydrogens (tertiary/aromatic N) is 2. The summed E-state index contributed by atoms with van der Waals surface area (Å²) in [5.74, 6) is 0.691. The van der Waals surface area contributed by atoms with Crippen LogP contribution in [0.15, 0.2) is 0 Å². The van der Waals surface area contributed by atoms with Crippen LogP contribution in [-0.2, 0) is 13.5 Å². The second-order valence-corrected chi connectivity index (χ2v) is 4.91. The van der Waals surface area contributed by atoms with E-state index in [9.17, 15) is 0 Å². The third kappa shape index (κ3) is 2.04. The molecule has 1 aliphatic carbocycles. The van der Waals surface area contributed by atoms with Crippen LogP contribution in [0.4, 0.5) is 0 Å². The van der Waals surface area contributed by atoms with Gasteiger partial charge in [0.25, 0.3) is 0 Å². The van der Waals surface area contributed by atoms with E-state index in [4.69, 9.17) is 17.3 Å². The summed E-state index contributed by atoms with van der Waals surface area (Å²) < 4.78 is 1.86. The lowest BCUT2D eigenvalue weighted by Gasteiger charge is -2.31. The average Bonchev–Trinajstić information content (AvgIpc) is 2.29. The van der Waals surface area contributed by atoms with Crippen molar-refractivity contribution >= 4 is 11.6 Å². The third-order valence-corrected chi connectivity index (χ3v) is 3.94. The summed E-state index contributed by atoms with van der Waals surface area (Å²) in [4.78, 5) is 0. The van der Waals surface area contributed by atoms with E-state index in [1.54, 1.807) is 0 Å². The molecule has 0 spiro atoms. The van der Waals surface area contributed by atoms with Gasteiger partial charge in [-0.2, -0.15) is 5.10 Å². The van der Waals surface area contributed by atoms with Crippen molar-refractivity contribution in [3.05, 3.63) is 16.4 Å². The van der Waals surface area contributed by atoms with Crippen molar-refractivity contribution in [1.29, 1.82) is 0 Å². The minimum atomic E-state index is 0.242. The van der Waals surface area contributed by atoms with Crippen LogP contribution >= 0.6 is 11.6 Å². The fraction of sp³-hybridized carbons (Fsp3) is 0.727. The van der Waals surface area contributed by atoms with Gasteiger partial charge in [0.15, 0.2) is 0 Å². The van der Waals surface area contributed by atoms with Crippen molar-refractivity contribution in [2.45, 2.75) is 38.6 Å². The minimum absolute atomic E-state index is 0.242. The van der Waals surface area contributed by atoms with E-state index >= 15 is 0 Å². The van der Waals surface area contributed by atoms with Crippen LogP contribution in [0.2, 0.25) is 5.02 Å². The SMILES string of the molecule is Cc1nn(C)c(CC(N)C2CCC2)c1Cl. The largest absolute Gasteiger partial charge is 0.327 e. The summed E-state index contributed by atoms with van der Waals surface area (Å²) in [6.07, 6.45) is 4.72. The Morgan fingerprint density at radius 3 is 2.67 bits per heavy atom. The van der Waals surface area contributed by atoms with Crippen LogP contribution in [0.25, 0.3) is 0 Å². The molecule has 0 amide bonds. The molecule has 1 atom stereocenters. The van der Waals surface area contributed by atoms with Crippen LogP contribution in [0.3, 0.4) is 0 Å². The Balaban J connectivity index is 2.09. The van der Waals surface area contributed by atoms with Gasteiger partial charge in [0, 0.05) is 19.5 Å². The summed E-state index contributed by atoms with van der Waals surface area (Å²) in [6, 6.07) is 0.242. The summed E-state index contributed by atoms with van der Waals surface area (Å²) >= 11 is 6.19. The van der Waals surface area contributed by atoms with Gasteiger partial charge in [-0.25, -0.2) is 0 Å². The van der Waals surface area contributed by atoms with Crippen molar-refractivity contribution < 1.29 is 0 Å². The summed E-state index contributed by atoms with van der Waals surface area (Å²) in [5, 5.41) is 5.08. The molecule has 1 heterocycles. The Bertz CT molecular complexity index is 355. The molecular weight excluding hydrogens is 210 g/mol. The Hall–Kier alpha value is -0.540. The lowest BCUT2D eigenvalue weighted by molar-refractivity contribution is 0.258. The van der Waals surface area contributed by atoms with Crippen LogP contribution in [0.5, 0.6) is 0 Å². The van der Waals surface area contributed by atoms with Gasteiger partial charge in [0.2, 0.25) is 0 Å². The van der Waals surface area contributed by atoms with E-state index in [0.29, 0.717) is 5.92 Å². The smallest absolute Gasteiger partial charge is 0.0847 e. The maximum atomic E-state index is 6.19. The van der Waals surface area contributed by atoms with Gasteiger partial charge in [-0.05, 0) is 25.7 Å². The maximum Gasteiger partial charge on any atom is 0.0847 e. The Morgan fingerprint density at radius 1 is 1.60 bits per heavy atom. The van der Waals surface area contributed by atoms with E-state index in [1.165, 1.54) is 19.3 Å². The predicted molar refractivity (Wildman–Crippen MR) is 62.0 cm³/mol. The predicted octanol–water partition coefficient (Wildman–Crippen LogP) is 2.05. The van der Waals surface area contributed by atoms with Crippen LogP contribution in [-0.4, -0.2) is 15.8 Å². The summed E-state index contributed by atoms with van der Waals surface area (Å²) in [7, 11) is 1.93. The molecule has 1 aromatic heterocycles. The second-order valence-electron chi connectivity index (χ2n) is 4.53. The zero-order valence-electron chi connectivity index (χ0n) is 9.33. The fourth-order valence-corrected chi connectivity index (χ4v) is 2.40. The molecule has 1 unspecified atom stereocenters. The van der Waals surface area contributed by atoms with Crippen molar-refractivity contribution in [3.8, 4) is 0 Å². The number of aryl methyl sites for hydroxylation is 2. The third-order valence-electron chi connectivity index (χ3n) is 3.45. The van der Waals surface area contributed by atoms with Gasteiger partial charge >= 0.3 is 0 Å². The number of hydrogen-bond acceptors (Lipinski definition) is 2. The second kappa shape index (κ2) is 4.14. The number of aromatic nitrogens is 2. The Labute approximate surface area is 95.6 Å². The first-order valence-corrected chi connectivity index (χ1v) is 5.91. The van der Waals surface area contributed by atoms with Crippen LogP contribution in [0.1, 0.15) is 30.7 Å². The first-order valence-electron chi connectivity index (χ1n) is 5.53. The van der Waals surface area contributed by atoms with E-state index in [1.807, 2.05) is 18.7 Å². The molecule has 15 heavy (non-hydrogen) atoms. The molecule has 3 nitrogen and oxygen atoms in total. The molecule has 0 radical (unpaired) electrons. The molecule has 0 aromatic carbocycles. The quantitative estimate of drug-likeness (QED) is 0.859. The Kier molecular flexibility index (Phi) is 3.03. The molecule has 1 aromatic rings. The molecular formula is C11H18ClN3. The topological polar surface area (TPSA) is 43.8 Å². The fourth-order valence-electron chi connectivity index (χ4n) is 2.16. The van der Waals surface area contributed by atoms with E-state index in [0.717, 1.165) is 22.8 Å². The van der Waals surface area contributed by atoms with E-state index in [2.05, 4.69) is 5.10 Å². The van der Waals surface area contributed by atoms with Crippen molar-refractivity contribution in [3.63, 3.8) is 0 Å². The molecule has 1 fully saturated rings. The molecule has 2 N–H and O–H groups in total. The van der Waals surface area contributed by atoms with E-state index in [-0.39, 0.29) is 6.04 Å². The van der Waals surface area contributed by atoms with E-state index < -0.39 is 0 Å². The lowest BCUT2D eigenvalue weighted by Crippen LogP contribution is -2.36. The molecule has 84 valence electrons. The van der Waals surface area contributed by atoms with Gasteiger partial charge in [-0.1, -0.05) is 18.0 Å². The standard InChI is InChI=1S/C11H18ClN3/c1-7-11(12)10(15(2)14-7)6-9(13)8-4-3-5-8/h8-9H,3-6,13H2,1-2H3. The van der Waals surface area contributed by atoms with Gasteiger partial charge in [-0.3, -0.25) is 4.68 Å². The molecule has 0 aliphatic heterocycles. The first-order chi connectivity index (χ1) is 7.09. The van der Waals surface area contributed by atoms with Crippen molar-refractivity contribution in [2.24, 2.45) is 18.7 Å². The van der Waals surface area contributed by atoms with Gasteiger partial charge in [0.05, 0.1) is 16.4 Å². The lowest BCUT2D eigenvalue weighted by atomic mass is 9.78. The average molecular weight is 228 g/mol. The van der Waals surface area contributed by atoms with Crippen LogP contribution in [0, 0.1) is 12.8 Å². The monoisotopic (exact) mass is 227 g/mol. The van der Waals surface area contributed by atoms with Gasteiger partial charge in [-0.15, -0.1) is 0 Å². The summed E-state index contributed by atoms with van der Waals surface area (Å²) in [5.41, 5.74) is 8.13. The summed E-state index contributed by atoms with van der Waals surface area (Å²) in [6.45, 7) is 1.93. The van der Waals surface area contributed by atoms with Gasteiger partial charge in [0.1, 0.15) is 0 Å². The minimum Gasteiger partial charge on any atom is -0.327 e. The molecule has 0 bridgehead atoms. The van der Waals surface area contributed by atoms with Crippen LogP contribution < -0.4 is 5.73 Å². The number of nitrogens with two attached hydrogens (primary N) is 1. The maximum absolute atomic E-state index is 6.19. The highest BCUT2D eigenvalue weighted by Gasteiger charge is 2.26. The normalized spacial score (nSPS) is 18.9. The zero-order valence-corrected chi connectivity index (χ0v) is 10.1. The number of rotatable bonds is 3. The molecule has 4 heteroatoms.